The van der Waals surface area contributed by atoms with Gasteiger partial charge < -0.3 is 10.2 Å². The number of para-hydroxylation sites is 1. The number of benzene rings is 1. The molecule has 3 heteroatoms. The standard InChI is InChI=1S/C15H21ClN2/c1-11-9-17-15(2,12-7-8-12)10-18(11)14-6-4-3-5-13(14)16/h3-6,11-12,17H,7-10H2,1-2H3. The number of nitrogens with zero attached hydrogens (tertiary/aromatic N) is 1. The van der Waals surface area contributed by atoms with Crippen molar-refractivity contribution < 1.29 is 0 Å². The average Bonchev–Trinajstić information content (AvgIpc) is 3.18. The van der Waals surface area contributed by atoms with E-state index in [0.717, 1.165) is 24.0 Å². The molecule has 1 N–H and O–H groups in total. The SMILES string of the molecule is CC1CNC(C)(C2CC2)CN1c1ccccc1Cl. The highest BCUT2D eigenvalue weighted by atomic mass is 35.5. The minimum absolute atomic E-state index is 0.256. The van der Waals surface area contributed by atoms with Gasteiger partial charge in [-0.05, 0) is 44.7 Å². The Hall–Kier alpha value is -0.730. The lowest BCUT2D eigenvalue weighted by molar-refractivity contribution is 0.261. The molecule has 2 aliphatic rings. The Morgan fingerprint density at radius 2 is 2.06 bits per heavy atom. The van der Waals surface area contributed by atoms with Gasteiger partial charge in [0.15, 0.2) is 0 Å². The Kier molecular flexibility index (Phi) is 3.03. The lowest BCUT2D eigenvalue weighted by atomic mass is 9.91. The maximum atomic E-state index is 6.35. The van der Waals surface area contributed by atoms with Crippen molar-refractivity contribution in [2.45, 2.75) is 38.3 Å². The molecule has 1 saturated heterocycles. The van der Waals surface area contributed by atoms with Gasteiger partial charge in [-0.25, -0.2) is 0 Å². The predicted molar refractivity (Wildman–Crippen MR) is 77.4 cm³/mol. The average molecular weight is 265 g/mol. The number of hydrogen-bond donors (Lipinski definition) is 1. The molecule has 2 nitrogen and oxygen atoms in total. The third-order valence-corrected chi connectivity index (χ3v) is 4.79. The van der Waals surface area contributed by atoms with Crippen LogP contribution in [0.25, 0.3) is 0 Å². The van der Waals surface area contributed by atoms with Crippen LogP contribution in [0.5, 0.6) is 0 Å². The van der Waals surface area contributed by atoms with Crippen molar-refractivity contribution >= 4 is 17.3 Å². The van der Waals surface area contributed by atoms with E-state index in [2.05, 4.69) is 36.2 Å². The summed E-state index contributed by atoms with van der Waals surface area (Å²) in [6.45, 7) is 6.73. The fourth-order valence-electron chi connectivity index (χ4n) is 3.06. The van der Waals surface area contributed by atoms with Crippen LogP contribution in [0.2, 0.25) is 5.02 Å². The molecule has 1 aromatic rings. The van der Waals surface area contributed by atoms with Crippen molar-refractivity contribution in [2.24, 2.45) is 5.92 Å². The second kappa shape index (κ2) is 4.43. The van der Waals surface area contributed by atoms with Crippen LogP contribution in [0.3, 0.4) is 0 Å². The first-order valence-electron chi connectivity index (χ1n) is 6.86. The van der Waals surface area contributed by atoms with Gasteiger partial charge in [-0.3, -0.25) is 0 Å². The highest BCUT2D eigenvalue weighted by Gasteiger charge is 2.45. The third kappa shape index (κ3) is 2.12. The zero-order valence-electron chi connectivity index (χ0n) is 11.1. The number of piperazine rings is 1. The zero-order valence-corrected chi connectivity index (χ0v) is 11.9. The van der Waals surface area contributed by atoms with Gasteiger partial charge in [-0.2, -0.15) is 0 Å². The highest BCUT2D eigenvalue weighted by Crippen LogP contribution is 2.42. The molecule has 0 amide bonds. The van der Waals surface area contributed by atoms with E-state index in [1.807, 2.05) is 12.1 Å². The molecule has 2 fully saturated rings. The summed E-state index contributed by atoms with van der Waals surface area (Å²) in [5.74, 6) is 0.843. The maximum absolute atomic E-state index is 6.35. The van der Waals surface area contributed by atoms with Crippen LogP contribution >= 0.6 is 11.6 Å². The Bertz CT molecular complexity index is 444. The highest BCUT2D eigenvalue weighted by molar-refractivity contribution is 6.33. The summed E-state index contributed by atoms with van der Waals surface area (Å²) in [4.78, 5) is 2.47. The van der Waals surface area contributed by atoms with Gasteiger partial charge in [0.1, 0.15) is 0 Å². The van der Waals surface area contributed by atoms with Crippen molar-refractivity contribution in [3.63, 3.8) is 0 Å². The smallest absolute Gasteiger partial charge is 0.0639 e. The Morgan fingerprint density at radius 1 is 1.33 bits per heavy atom. The molecule has 18 heavy (non-hydrogen) atoms. The van der Waals surface area contributed by atoms with Crippen LogP contribution in [0, 0.1) is 5.92 Å². The first-order valence-corrected chi connectivity index (χ1v) is 7.24. The normalized spacial score (nSPS) is 32.6. The van der Waals surface area contributed by atoms with E-state index in [1.54, 1.807) is 0 Å². The second-order valence-corrected chi connectivity index (χ2v) is 6.41. The lowest BCUT2D eigenvalue weighted by Gasteiger charge is -2.47. The number of hydrogen-bond acceptors (Lipinski definition) is 2. The topological polar surface area (TPSA) is 15.3 Å². The fourth-order valence-corrected chi connectivity index (χ4v) is 3.30. The molecule has 2 atom stereocenters. The van der Waals surface area contributed by atoms with Gasteiger partial charge in [0.05, 0.1) is 10.7 Å². The van der Waals surface area contributed by atoms with E-state index in [1.165, 1.54) is 18.5 Å². The quantitative estimate of drug-likeness (QED) is 0.882. The van der Waals surface area contributed by atoms with Crippen molar-refractivity contribution in [3.8, 4) is 0 Å². The van der Waals surface area contributed by atoms with E-state index in [-0.39, 0.29) is 5.54 Å². The molecule has 0 radical (unpaired) electrons. The van der Waals surface area contributed by atoms with Gasteiger partial charge in [0.2, 0.25) is 0 Å². The van der Waals surface area contributed by atoms with Crippen LogP contribution in [-0.4, -0.2) is 24.7 Å². The predicted octanol–water partition coefficient (Wildman–Crippen LogP) is 3.31. The third-order valence-electron chi connectivity index (χ3n) is 4.47. The fraction of sp³-hybridized carbons (Fsp3) is 0.600. The summed E-state index contributed by atoms with van der Waals surface area (Å²) < 4.78 is 0. The van der Waals surface area contributed by atoms with E-state index < -0.39 is 0 Å². The van der Waals surface area contributed by atoms with Gasteiger partial charge in [0, 0.05) is 24.7 Å². The van der Waals surface area contributed by atoms with E-state index >= 15 is 0 Å². The Labute approximate surface area is 114 Å². The second-order valence-electron chi connectivity index (χ2n) is 6.00. The van der Waals surface area contributed by atoms with E-state index in [9.17, 15) is 0 Å². The monoisotopic (exact) mass is 264 g/mol. The summed E-state index contributed by atoms with van der Waals surface area (Å²) >= 11 is 6.35. The molecule has 1 aliphatic carbocycles. The maximum Gasteiger partial charge on any atom is 0.0639 e. The minimum Gasteiger partial charge on any atom is -0.364 e. The van der Waals surface area contributed by atoms with Gasteiger partial charge in [-0.1, -0.05) is 23.7 Å². The number of anilines is 1. The molecule has 1 aromatic carbocycles. The van der Waals surface area contributed by atoms with Gasteiger partial charge in [-0.15, -0.1) is 0 Å². The van der Waals surface area contributed by atoms with Crippen molar-refractivity contribution in [1.29, 1.82) is 0 Å². The van der Waals surface area contributed by atoms with Gasteiger partial charge >= 0.3 is 0 Å². The van der Waals surface area contributed by atoms with Crippen LogP contribution in [0.1, 0.15) is 26.7 Å². The van der Waals surface area contributed by atoms with E-state index in [4.69, 9.17) is 11.6 Å². The Morgan fingerprint density at radius 3 is 2.72 bits per heavy atom. The largest absolute Gasteiger partial charge is 0.364 e. The summed E-state index contributed by atoms with van der Waals surface area (Å²) in [5, 5.41) is 4.61. The molecule has 2 unspecified atom stereocenters. The molecule has 1 heterocycles. The summed E-state index contributed by atoms with van der Waals surface area (Å²) in [5.41, 5.74) is 1.44. The molecule has 0 aromatic heterocycles. The van der Waals surface area contributed by atoms with Crippen LogP contribution in [-0.2, 0) is 0 Å². The van der Waals surface area contributed by atoms with Crippen LogP contribution in [0.4, 0.5) is 5.69 Å². The molecular formula is C15H21ClN2. The first kappa shape index (κ1) is 12.3. The Balaban J connectivity index is 1.87. The van der Waals surface area contributed by atoms with Crippen LogP contribution < -0.4 is 10.2 Å². The summed E-state index contributed by atoms with van der Waals surface area (Å²) in [6.07, 6.45) is 2.74. The zero-order chi connectivity index (χ0) is 12.8. The van der Waals surface area contributed by atoms with Gasteiger partial charge in [0.25, 0.3) is 0 Å². The molecular weight excluding hydrogens is 244 g/mol. The van der Waals surface area contributed by atoms with Crippen molar-refractivity contribution in [3.05, 3.63) is 29.3 Å². The molecule has 3 rings (SSSR count). The van der Waals surface area contributed by atoms with Crippen molar-refractivity contribution in [2.75, 3.05) is 18.0 Å². The first-order chi connectivity index (χ1) is 8.60. The van der Waals surface area contributed by atoms with Crippen molar-refractivity contribution in [1.82, 2.24) is 5.32 Å². The number of rotatable bonds is 2. The molecule has 0 bridgehead atoms. The molecule has 98 valence electrons. The summed E-state index contributed by atoms with van der Waals surface area (Å²) in [7, 11) is 0. The van der Waals surface area contributed by atoms with Crippen LogP contribution in [0.15, 0.2) is 24.3 Å². The molecule has 1 aliphatic heterocycles. The van der Waals surface area contributed by atoms with E-state index in [0.29, 0.717) is 6.04 Å². The summed E-state index contributed by atoms with van der Waals surface area (Å²) in [6, 6.07) is 8.69. The number of nitrogens with one attached hydrogen (secondary N) is 1. The lowest BCUT2D eigenvalue weighted by Crippen LogP contribution is -2.63. The minimum atomic E-state index is 0.256. The molecule has 0 spiro atoms. The molecule has 1 saturated carbocycles. The number of halogens is 1.